The molecule has 100 valence electrons. The molecule has 0 saturated heterocycles. The molecule has 0 aliphatic heterocycles. The average Bonchev–Trinajstić information content (AvgIpc) is 3.18. The van der Waals surface area contributed by atoms with Gasteiger partial charge in [-0.25, -0.2) is 0 Å². The van der Waals surface area contributed by atoms with Gasteiger partial charge in [0.2, 0.25) is 0 Å². The van der Waals surface area contributed by atoms with Crippen LogP contribution in [0.15, 0.2) is 22.7 Å². The number of benzene rings is 1. The molecule has 4 heteroatoms. The van der Waals surface area contributed by atoms with Crippen molar-refractivity contribution in [1.82, 2.24) is 10.2 Å². The van der Waals surface area contributed by atoms with E-state index in [1.165, 1.54) is 18.4 Å². The van der Waals surface area contributed by atoms with Crippen molar-refractivity contribution >= 4 is 15.9 Å². The average molecular weight is 313 g/mol. The second-order valence-electron chi connectivity index (χ2n) is 4.82. The van der Waals surface area contributed by atoms with Gasteiger partial charge in [-0.3, -0.25) is 4.90 Å². The zero-order chi connectivity index (χ0) is 13.0. The number of nitrogens with one attached hydrogen (secondary N) is 1. The zero-order valence-electron chi connectivity index (χ0n) is 10.8. The minimum atomic E-state index is 0.296. The van der Waals surface area contributed by atoms with E-state index >= 15 is 0 Å². The number of halogens is 1. The van der Waals surface area contributed by atoms with Crippen LogP contribution >= 0.6 is 15.9 Å². The predicted molar refractivity (Wildman–Crippen MR) is 77.8 cm³/mol. The summed E-state index contributed by atoms with van der Waals surface area (Å²) < 4.78 is 0.759. The van der Waals surface area contributed by atoms with Gasteiger partial charge in [0.25, 0.3) is 0 Å². The molecule has 1 aliphatic rings. The molecule has 1 fully saturated rings. The SMILES string of the molecule is CCN(CCNCc1ccc(O)c(Br)c1)C1CC1. The maximum absolute atomic E-state index is 9.41. The third-order valence-electron chi connectivity index (χ3n) is 3.39. The number of aromatic hydroxyl groups is 1. The Hall–Kier alpha value is -0.580. The Labute approximate surface area is 117 Å². The van der Waals surface area contributed by atoms with E-state index in [0.29, 0.717) is 5.75 Å². The molecule has 2 N–H and O–H groups in total. The summed E-state index contributed by atoms with van der Waals surface area (Å²) in [5, 5.41) is 12.9. The molecule has 0 amide bonds. The predicted octanol–water partition coefficient (Wildman–Crippen LogP) is 2.73. The molecule has 3 nitrogen and oxygen atoms in total. The largest absolute Gasteiger partial charge is 0.507 e. The Bertz CT molecular complexity index is 393. The van der Waals surface area contributed by atoms with E-state index in [0.717, 1.165) is 36.7 Å². The molecular weight excluding hydrogens is 292 g/mol. The van der Waals surface area contributed by atoms with Crippen LogP contribution in [0.1, 0.15) is 25.3 Å². The fourth-order valence-corrected chi connectivity index (χ4v) is 2.58. The maximum atomic E-state index is 9.41. The van der Waals surface area contributed by atoms with E-state index in [2.05, 4.69) is 33.1 Å². The van der Waals surface area contributed by atoms with Crippen molar-refractivity contribution in [3.8, 4) is 5.75 Å². The topological polar surface area (TPSA) is 35.5 Å². The van der Waals surface area contributed by atoms with Gasteiger partial charge in [0.15, 0.2) is 0 Å². The summed E-state index contributed by atoms with van der Waals surface area (Å²) in [6, 6.07) is 6.48. The van der Waals surface area contributed by atoms with Gasteiger partial charge in [0, 0.05) is 25.7 Å². The lowest BCUT2D eigenvalue weighted by Crippen LogP contribution is -2.33. The number of phenols is 1. The second-order valence-corrected chi connectivity index (χ2v) is 5.68. The van der Waals surface area contributed by atoms with Gasteiger partial charge in [-0.1, -0.05) is 13.0 Å². The van der Waals surface area contributed by atoms with Crippen LogP contribution in [0.4, 0.5) is 0 Å². The number of likely N-dealkylation sites (N-methyl/N-ethyl adjacent to an activating group) is 1. The van der Waals surface area contributed by atoms with Gasteiger partial charge in [-0.2, -0.15) is 0 Å². The van der Waals surface area contributed by atoms with Crippen LogP contribution in [0.2, 0.25) is 0 Å². The highest BCUT2D eigenvalue weighted by Crippen LogP contribution is 2.26. The van der Waals surface area contributed by atoms with Crippen molar-refractivity contribution in [2.75, 3.05) is 19.6 Å². The van der Waals surface area contributed by atoms with Crippen molar-refractivity contribution < 1.29 is 5.11 Å². The molecule has 18 heavy (non-hydrogen) atoms. The first-order chi connectivity index (χ1) is 8.70. The summed E-state index contributed by atoms with van der Waals surface area (Å²) in [7, 11) is 0. The number of nitrogens with zero attached hydrogens (tertiary/aromatic N) is 1. The molecule has 0 bridgehead atoms. The summed E-state index contributed by atoms with van der Waals surface area (Å²) in [4.78, 5) is 2.54. The number of hydrogen-bond acceptors (Lipinski definition) is 3. The van der Waals surface area contributed by atoms with E-state index in [1.807, 2.05) is 12.1 Å². The fourth-order valence-electron chi connectivity index (χ4n) is 2.15. The first-order valence-electron chi connectivity index (χ1n) is 6.63. The normalized spacial score (nSPS) is 15.3. The zero-order valence-corrected chi connectivity index (χ0v) is 12.4. The molecular formula is C14H21BrN2O. The van der Waals surface area contributed by atoms with Crippen LogP contribution in [0.25, 0.3) is 0 Å². The van der Waals surface area contributed by atoms with Gasteiger partial charge in [-0.15, -0.1) is 0 Å². The quantitative estimate of drug-likeness (QED) is 0.760. The van der Waals surface area contributed by atoms with Gasteiger partial charge in [-0.05, 0) is 53.0 Å². The van der Waals surface area contributed by atoms with E-state index < -0.39 is 0 Å². The van der Waals surface area contributed by atoms with Crippen molar-refractivity contribution in [1.29, 1.82) is 0 Å². The van der Waals surface area contributed by atoms with Gasteiger partial charge < -0.3 is 10.4 Å². The third-order valence-corrected chi connectivity index (χ3v) is 4.02. The molecule has 0 unspecified atom stereocenters. The first-order valence-corrected chi connectivity index (χ1v) is 7.42. The smallest absolute Gasteiger partial charge is 0.129 e. The third kappa shape index (κ3) is 3.97. The highest BCUT2D eigenvalue weighted by molar-refractivity contribution is 9.10. The fraction of sp³-hybridized carbons (Fsp3) is 0.571. The number of hydrogen-bond donors (Lipinski definition) is 2. The molecule has 1 aromatic carbocycles. The molecule has 0 aromatic heterocycles. The van der Waals surface area contributed by atoms with Crippen LogP contribution < -0.4 is 5.32 Å². The maximum Gasteiger partial charge on any atom is 0.129 e. The second kappa shape index (κ2) is 6.55. The number of rotatable bonds is 7. The highest BCUT2D eigenvalue weighted by atomic mass is 79.9. The Morgan fingerprint density at radius 3 is 2.83 bits per heavy atom. The molecule has 1 aliphatic carbocycles. The van der Waals surface area contributed by atoms with Crippen molar-refractivity contribution in [3.63, 3.8) is 0 Å². The minimum Gasteiger partial charge on any atom is -0.507 e. The lowest BCUT2D eigenvalue weighted by molar-refractivity contribution is 0.277. The molecule has 1 aromatic rings. The minimum absolute atomic E-state index is 0.296. The van der Waals surface area contributed by atoms with E-state index in [-0.39, 0.29) is 0 Å². The molecule has 0 spiro atoms. The molecule has 0 radical (unpaired) electrons. The Kier molecular flexibility index (Phi) is 5.03. The van der Waals surface area contributed by atoms with Crippen molar-refractivity contribution in [2.24, 2.45) is 0 Å². The number of phenolic OH excluding ortho intramolecular Hbond substituents is 1. The Morgan fingerprint density at radius 1 is 1.44 bits per heavy atom. The van der Waals surface area contributed by atoms with Crippen LogP contribution in [-0.2, 0) is 6.54 Å². The van der Waals surface area contributed by atoms with Crippen LogP contribution in [0, 0.1) is 0 Å². The molecule has 0 heterocycles. The lowest BCUT2D eigenvalue weighted by Gasteiger charge is -2.19. The highest BCUT2D eigenvalue weighted by Gasteiger charge is 2.26. The van der Waals surface area contributed by atoms with E-state index in [1.54, 1.807) is 6.07 Å². The van der Waals surface area contributed by atoms with Gasteiger partial charge in [0.1, 0.15) is 5.75 Å². The van der Waals surface area contributed by atoms with Gasteiger partial charge >= 0.3 is 0 Å². The first kappa shape index (κ1) is 13.8. The Balaban J connectivity index is 1.69. The van der Waals surface area contributed by atoms with Crippen molar-refractivity contribution in [2.45, 2.75) is 32.4 Å². The monoisotopic (exact) mass is 312 g/mol. The Morgan fingerprint density at radius 2 is 2.22 bits per heavy atom. The van der Waals surface area contributed by atoms with Crippen LogP contribution in [-0.4, -0.2) is 35.7 Å². The summed E-state index contributed by atoms with van der Waals surface area (Å²) in [5.74, 6) is 0.296. The van der Waals surface area contributed by atoms with Crippen molar-refractivity contribution in [3.05, 3.63) is 28.2 Å². The summed E-state index contributed by atoms with van der Waals surface area (Å²) >= 11 is 3.33. The lowest BCUT2D eigenvalue weighted by atomic mass is 10.2. The van der Waals surface area contributed by atoms with Gasteiger partial charge in [0.05, 0.1) is 4.47 Å². The summed E-state index contributed by atoms with van der Waals surface area (Å²) in [5.41, 5.74) is 1.19. The van der Waals surface area contributed by atoms with Crippen LogP contribution in [0.3, 0.4) is 0 Å². The molecule has 0 atom stereocenters. The summed E-state index contributed by atoms with van der Waals surface area (Å²) in [6.07, 6.45) is 2.75. The standard InChI is InChI=1S/C14H21BrN2O/c1-2-17(12-4-5-12)8-7-16-10-11-3-6-14(18)13(15)9-11/h3,6,9,12,16,18H,2,4-5,7-8,10H2,1H3. The molecule has 2 rings (SSSR count). The van der Waals surface area contributed by atoms with E-state index in [9.17, 15) is 5.11 Å². The van der Waals surface area contributed by atoms with E-state index in [4.69, 9.17) is 0 Å². The van der Waals surface area contributed by atoms with Crippen LogP contribution in [0.5, 0.6) is 5.75 Å². The summed E-state index contributed by atoms with van der Waals surface area (Å²) in [6.45, 7) is 6.37. The molecule has 1 saturated carbocycles.